The maximum atomic E-state index is 4.56. The highest BCUT2D eigenvalue weighted by Gasteiger charge is 2.17. The van der Waals surface area contributed by atoms with Gasteiger partial charge in [0.2, 0.25) is 0 Å². The van der Waals surface area contributed by atoms with E-state index in [1.807, 2.05) is 23.1 Å². The van der Waals surface area contributed by atoms with Crippen LogP contribution in [-0.4, -0.2) is 20.9 Å². The van der Waals surface area contributed by atoms with E-state index in [0.717, 1.165) is 17.4 Å². The molecule has 1 aliphatic heterocycles. The molecule has 3 nitrogen and oxygen atoms in total. The fourth-order valence-electron chi connectivity index (χ4n) is 1.90. The molecule has 3 heterocycles. The van der Waals surface area contributed by atoms with Gasteiger partial charge in [-0.15, -0.1) is 11.3 Å². The number of nitrogens with zero attached hydrogens (tertiary/aromatic N) is 2. The lowest BCUT2D eigenvalue weighted by Gasteiger charge is -2.08. The minimum atomic E-state index is 0.404. The average molecular weight is 265 g/mol. The van der Waals surface area contributed by atoms with E-state index in [2.05, 4.69) is 35.1 Å². The van der Waals surface area contributed by atoms with Crippen LogP contribution in [0.25, 0.3) is 10.7 Å². The third-order valence-electron chi connectivity index (χ3n) is 2.90. The summed E-state index contributed by atoms with van der Waals surface area (Å²) < 4.78 is 0. The number of aromatic amines is 1. The Hall–Kier alpha value is -0.810. The Bertz CT molecular complexity index is 504. The molecule has 5 heteroatoms. The van der Waals surface area contributed by atoms with E-state index in [9.17, 15) is 0 Å². The van der Waals surface area contributed by atoms with Crippen molar-refractivity contribution in [3.8, 4) is 10.7 Å². The summed E-state index contributed by atoms with van der Waals surface area (Å²) in [7, 11) is 0. The summed E-state index contributed by atoms with van der Waals surface area (Å²) in [6, 6.07) is 2.26. The zero-order valence-electron chi connectivity index (χ0n) is 9.99. The zero-order chi connectivity index (χ0) is 11.8. The normalized spacial score (nSPS) is 15.2. The molecule has 0 aromatic carbocycles. The molecule has 0 unspecified atom stereocenters. The van der Waals surface area contributed by atoms with Gasteiger partial charge in [0.25, 0.3) is 0 Å². The molecule has 0 bridgehead atoms. The van der Waals surface area contributed by atoms with Gasteiger partial charge in [0.15, 0.2) is 5.82 Å². The van der Waals surface area contributed by atoms with Gasteiger partial charge < -0.3 is 0 Å². The molecule has 0 amide bonds. The van der Waals surface area contributed by atoms with Crippen LogP contribution >= 0.6 is 23.1 Å². The number of aryl methyl sites for hydroxylation is 1. The third kappa shape index (κ3) is 2.13. The highest BCUT2D eigenvalue weighted by molar-refractivity contribution is 7.98. The van der Waals surface area contributed by atoms with E-state index in [1.54, 1.807) is 0 Å². The third-order valence-corrected chi connectivity index (χ3v) is 5.14. The Morgan fingerprint density at radius 2 is 2.29 bits per heavy atom. The molecule has 2 aromatic rings. The Morgan fingerprint density at radius 1 is 1.41 bits per heavy atom. The van der Waals surface area contributed by atoms with Gasteiger partial charge in [-0.25, -0.2) is 4.98 Å². The van der Waals surface area contributed by atoms with Gasteiger partial charge in [-0.1, -0.05) is 13.8 Å². The van der Waals surface area contributed by atoms with Gasteiger partial charge in [-0.05, 0) is 23.8 Å². The second-order valence-electron chi connectivity index (χ2n) is 4.56. The van der Waals surface area contributed by atoms with Crippen LogP contribution in [0.1, 0.15) is 36.0 Å². The van der Waals surface area contributed by atoms with Crippen LogP contribution in [0.15, 0.2) is 6.07 Å². The predicted molar refractivity (Wildman–Crippen MR) is 73.7 cm³/mol. The topological polar surface area (TPSA) is 41.6 Å². The molecule has 17 heavy (non-hydrogen) atoms. The SMILES string of the molecule is CC(C)c1nc(-c2cc3c(s2)CCSC3)n[nH]1. The van der Waals surface area contributed by atoms with Crippen molar-refractivity contribution in [1.82, 2.24) is 15.2 Å². The molecule has 90 valence electrons. The Kier molecular flexibility index (Phi) is 2.96. The maximum absolute atomic E-state index is 4.56. The van der Waals surface area contributed by atoms with Crippen molar-refractivity contribution >= 4 is 23.1 Å². The second-order valence-corrected chi connectivity index (χ2v) is 6.80. The number of thioether (sulfide) groups is 1. The minimum Gasteiger partial charge on any atom is -0.262 e. The van der Waals surface area contributed by atoms with Crippen molar-refractivity contribution in [3.05, 3.63) is 22.3 Å². The molecule has 0 saturated carbocycles. The first kappa shape index (κ1) is 11.3. The molecular formula is C12H15N3S2. The number of fused-ring (bicyclic) bond motifs is 1. The van der Waals surface area contributed by atoms with Crippen LogP contribution in [0, 0.1) is 0 Å². The van der Waals surface area contributed by atoms with E-state index in [0.29, 0.717) is 5.92 Å². The predicted octanol–water partition coefficient (Wildman–Crippen LogP) is 3.45. The molecule has 0 fully saturated rings. The summed E-state index contributed by atoms with van der Waals surface area (Å²) in [6.45, 7) is 4.25. The summed E-state index contributed by atoms with van der Waals surface area (Å²) in [5.74, 6) is 4.63. The van der Waals surface area contributed by atoms with Gasteiger partial charge in [0, 0.05) is 16.5 Å². The van der Waals surface area contributed by atoms with Crippen LogP contribution < -0.4 is 0 Å². The number of H-pyrrole nitrogens is 1. The van der Waals surface area contributed by atoms with Gasteiger partial charge in [-0.2, -0.15) is 16.9 Å². The van der Waals surface area contributed by atoms with Crippen molar-refractivity contribution in [3.63, 3.8) is 0 Å². The lowest BCUT2D eigenvalue weighted by Crippen LogP contribution is -1.96. The molecule has 0 atom stereocenters. The van der Waals surface area contributed by atoms with Crippen LogP contribution in [0.3, 0.4) is 0 Å². The molecule has 2 aromatic heterocycles. The van der Waals surface area contributed by atoms with Crippen molar-refractivity contribution in [2.75, 3.05) is 5.75 Å². The van der Waals surface area contributed by atoms with E-state index >= 15 is 0 Å². The maximum Gasteiger partial charge on any atom is 0.191 e. The highest BCUT2D eigenvalue weighted by atomic mass is 32.2. The largest absolute Gasteiger partial charge is 0.262 e. The fourth-order valence-corrected chi connectivity index (χ4v) is 4.21. The first-order valence-corrected chi connectivity index (χ1v) is 7.83. The first-order valence-electron chi connectivity index (χ1n) is 5.86. The minimum absolute atomic E-state index is 0.404. The molecular weight excluding hydrogens is 250 g/mol. The van der Waals surface area contributed by atoms with Crippen molar-refractivity contribution < 1.29 is 0 Å². The average Bonchev–Trinajstić information content (AvgIpc) is 2.95. The Morgan fingerprint density at radius 3 is 3.00 bits per heavy atom. The molecule has 0 radical (unpaired) electrons. The summed E-state index contributed by atoms with van der Waals surface area (Å²) >= 11 is 3.87. The van der Waals surface area contributed by atoms with Crippen molar-refractivity contribution in [1.29, 1.82) is 0 Å². The molecule has 0 saturated heterocycles. The van der Waals surface area contributed by atoms with Crippen LogP contribution in [0.2, 0.25) is 0 Å². The lowest BCUT2D eigenvalue weighted by molar-refractivity contribution is 0.781. The van der Waals surface area contributed by atoms with Crippen LogP contribution in [-0.2, 0) is 12.2 Å². The van der Waals surface area contributed by atoms with E-state index < -0.39 is 0 Å². The first-order chi connectivity index (χ1) is 8.24. The summed E-state index contributed by atoms with van der Waals surface area (Å²) in [4.78, 5) is 7.29. The van der Waals surface area contributed by atoms with Gasteiger partial charge in [0.1, 0.15) is 5.82 Å². The number of aromatic nitrogens is 3. The van der Waals surface area contributed by atoms with Gasteiger partial charge in [0.05, 0.1) is 4.88 Å². The lowest BCUT2D eigenvalue weighted by atomic mass is 10.2. The number of nitrogens with one attached hydrogen (secondary N) is 1. The number of hydrogen-bond acceptors (Lipinski definition) is 4. The zero-order valence-corrected chi connectivity index (χ0v) is 11.6. The molecule has 0 spiro atoms. The molecule has 3 rings (SSSR count). The standard InChI is InChI=1S/C12H15N3S2/c1-7(2)11-13-12(15-14-11)10-5-8-6-16-4-3-9(8)17-10/h5,7H,3-4,6H2,1-2H3,(H,13,14,15). The Labute approximate surface area is 109 Å². The number of thiophene rings is 1. The summed E-state index contributed by atoms with van der Waals surface area (Å²) in [5.41, 5.74) is 1.48. The summed E-state index contributed by atoms with van der Waals surface area (Å²) in [5, 5.41) is 7.34. The van der Waals surface area contributed by atoms with Crippen LogP contribution in [0.5, 0.6) is 0 Å². The fraction of sp³-hybridized carbons (Fsp3) is 0.500. The van der Waals surface area contributed by atoms with Gasteiger partial charge >= 0.3 is 0 Å². The quantitative estimate of drug-likeness (QED) is 0.904. The summed E-state index contributed by atoms with van der Waals surface area (Å²) in [6.07, 6.45) is 1.20. The molecule has 1 N–H and O–H groups in total. The second kappa shape index (κ2) is 4.46. The van der Waals surface area contributed by atoms with E-state index in [-0.39, 0.29) is 0 Å². The van der Waals surface area contributed by atoms with E-state index in [4.69, 9.17) is 0 Å². The number of rotatable bonds is 2. The van der Waals surface area contributed by atoms with E-state index in [1.165, 1.54) is 27.5 Å². The molecule has 0 aliphatic carbocycles. The van der Waals surface area contributed by atoms with Crippen molar-refractivity contribution in [2.45, 2.75) is 31.9 Å². The molecule has 1 aliphatic rings. The van der Waals surface area contributed by atoms with Crippen LogP contribution in [0.4, 0.5) is 0 Å². The monoisotopic (exact) mass is 265 g/mol. The smallest absolute Gasteiger partial charge is 0.191 e. The van der Waals surface area contributed by atoms with Crippen molar-refractivity contribution in [2.24, 2.45) is 0 Å². The number of hydrogen-bond donors (Lipinski definition) is 1. The van der Waals surface area contributed by atoms with Gasteiger partial charge in [-0.3, -0.25) is 5.10 Å². The highest BCUT2D eigenvalue weighted by Crippen LogP contribution is 2.35. The Balaban J connectivity index is 1.94.